The van der Waals surface area contributed by atoms with Gasteiger partial charge in [0.25, 0.3) is 0 Å². The molecule has 0 heteroatoms. The molecule has 0 bridgehead atoms. The zero-order chi connectivity index (χ0) is 12.9. The van der Waals surface area contributed by atoms with Crippen LogP contribution in [0.1, 0.15) is 66.2 Å². The van der Waals surface area contributed by atoms with E-state index in [0.717, 1.165) is 47.3 Å². The average molecular weight is 248 g/mol. The zero-order valence-electron chi connectivity index (χ0n) is 12.9. The summed E-state index contributed by atoms with van der Waals surface area (Å²) in [6.45, 7) is 9.79. The minimum Gasteiger partial charge on any atom is -0.0651 e. The lowest BCUT2D eigenvalue weighted by molar-refractivity contribution is 0.508. The Bertz CT molecular complexity index is 294. The van der Waals surface area contributed by atoms with Gasteiger partial charge in [-0.05, 0) is 79.4 Å². The first-order valence-corrected chi connectivity index (χ1v) is 8.63. The van der Waals surface area contributed by atoms with Crippen molar-refractivity contribution in [1.82, 2.24) is 0 Å². The Hall–Kier alpha value is 0. The largest absolute Gasteiger partial charge is 0.0651 e. The minimum absolute atomic E-state index is 1.05. The van der Waals surface area contributed by atoms with Crippen molar-refractivity contribution >= 4 is 0 Å². The molecular weight excluding hydrogens is 216 g/mol. The monoisotopic (exact) mass is 248 g/mol. The molecule has 3 fully saturated rings. The van der Waals surface area contributed by atoms with Crippen LogP contribution >= 0.6 is 0 Å². The van der Waals surface area contributed by atoms with Crippen molar-refractivity contribution < 1.29 is 0 Å². The van der Waals surface area contributed by atoms with Gasteiger partial charge in [-0.1, -0.05) is 34.1 Å². The summed E-state index contributed by atoms with van der Waals surface area (Å²) >= 11 is 0. The molecule has 8 atom stereocenters. The van der Waals surface area contributed by atoms with E-state index < -0.39 is 0 Å². The summed E-state index contributed by atoms with van der Waals surface area (Å²) in [4.78, 5) is 0. The second-order valence-corrected chi connectivity index (χ2v) is 7.91. The lowest BCUT2D eigenvalue weighted by atomic mass is 10.1. The quantitative estimate of drug-likeness (QED) is 0.567. The number of hydrogen-bond donors (Lipinski definition) is 0. The van der Waals surface area contributed by atoms with E-state index in [0.29, 0.717) is 0 Å². The van der Waals surface area contributed by atoms with Crippen molar-refractivity contribution in [3.05, 3.63) is 0 Å². The van der Waals surface area contributed by atoms with Crippen molar-refractivity contribution in [1.29, 1.82) is 0 Å². The highest BCUT2D eigenvalue weighted by atomic mass is 14.5. The van der Waals surface area contributed by atoms with Crippen molar-refractivity contribution in [2.45, 2.75) is 66.2 Å². The van der Waals surface area contributed by atoms with E-state index in [4.69, 9.17) is 0 Å². The van der Waals surface area contributed by atoms with Gasteiger partial charge in [0.05, 0.1) is 0 Å². The van der Waals surface area contributed by atoms with Gasteiger partial charge in [0.15, 0.2) is 0 Å². The fourth-order valence-corrected chi connectivity index (χ4v) is 4.97. The van der Waals surface area contributed by atoms with E-state index in [9.17, 15) is 0 Å². The Morgan fingerprint density at radius 1 is 0.722 bits per heavy atom. The molecule has 0 spiro atoms. The van der Waals surface area contributed by atoms with E-state index in [-0.39, 0.29) is 0 Å². The molecule has 3 aliphatic carbocycles. The summed E-state index contributed by atoms with van der Waals surface area (Å²) in [5, 5.41) is 0. The molecule has 3 aliphatic rings. The summed E-state index contributed by atoms with van der Waals surface area (Å²) in [5.41, 5.74) is 0. The van der Waals surface area contributed by atoms with Gasteiger partial charge in [-0.15, -0.1) is 0 Å². The van der Waals surface area contributed by atoms with E-state index in [1.165, 1.54) is 12.8 Å². The predicted molar refractivity (Wildman–Crippen MR) is 78.3 cm³/mol. The van der Waals surface area contributed by atoms with Crippen LogP contribution in [-0.4, -0.2) is 0 Å². The lowest BCUT2D eigenvalue weighted by Gasteiger charge is -2.00. The summed E-state index contributed by atoms with van der Waals surface area (Å²) < 4.78 is 0. The molecule has 0 aromatic heterocycles. The van der Waals surface area contributed by atoms with Gasteiger partial charge in [-0.25, -0.2) is 0 Å². The van der Waals surface area contributed by atoms with Gasteiger partial charge in [0.2, 0.25) is 0 Å². The Morgan fingerprint density at radius 2 is 1.17 bits per heavy atom. The highest BCUT2D eigenvalue weighted by Gasteiger charge is 2.49. The molecule has 18 heavy (non-hydrogen) atoms. The van der Waals surface area contributed by atoms with Gasteiger partial charge < -0.3 is 0 Å². The molecule has 104 valence electrons. The van der Waals surface area contributed by atoms with E-state index in [1.54, 1.807) is 25.7 Å². The molecule has 0 aromatic rings. The molecule has 0 amide bonds. The highest BCUT2D eigenvalue weighted by molar-refractivity contribution is 4.98. The van der Waals surface area contributed by atoms with Crippen LogP contribution < -0.4 is 0 Å². The standard InChI is InChI=1S/C18H32/c1-5-15-12(3)16(15)8-9-18-13(4)17(18)7-6-14-10-11(14)2/h11-18H,5-10H2,1-4H3. The van der Waals surface area contributed by atoms with Gasteiger partial charge in [-0.3, -0.25) is 0 Å². The SMILES string of the molecule is CCC1C(C)C1CCC1C(C)C1CCC1CC1C. The summed E-state index contributed by atoms with van der Waals surface area (Å²) in [6.07, 6.45) is 9.16. The number of rotatable bonds is 7. The van der Waals surface area contributed by atoms with Crippen LogP contribution in [0.15, 0.2) is 0 Å². The van der Waals surface area contributed by atoms with E-state index in [1.807, 2.05) is 0 Å². The van der Waals surface area contributed by atoms with Gasteiger partial charge in [-0.2, -0.15) is 0 Å². The molecule has 0 N–H and O–H groups in total. The second-order valence-electron chi connectivity index (χ2n) is 7.91. The van der Waals surface area contributed by atoms with Crippen molar-refractivity contribution in [2.24, 2.45) is 47.3 Å². The first-order chi connectivity index (χ1) is 8.63. The first-order valence-electron chi connectivity index (χ1n) is 8.63. The Labute approximate surface area is 114 Å². The van der Waals surface area contributed by atoms with Gasteiger partial charge >= 0.3 is 0 Å². The maximum atomic E-state index is 2.51. The molecule has 0 aliphatic heterocycles. The molecule has 3 saturated carbocycles. The van der Waals surface area contributed by atoms with Crippen LogP contribution in [-0.2, 0) is 0 Å². The number of hydrogen-bond acceptors (Lipinski definition) is 0. The fraction of sp³-hybridized carbons (Fsp3) is 1.00. The van der Waals surface area contributed by atoms with Gasteiger partial charge in [0, 0.05) is 0 Å². The maximum Gasteiger partial charge on any atom is -0.0355 e. The summed E-state index contributed by atoms with van der Waals surface area (Å²) in [6, 6.07) is 0. The van der Waals surface area contributed by atoms with E-state index >= 15 is 0 Å². The van der Waals surface area contributed by atoms with Gasteiger partial charge in [0.1, 0.15) is 0 Å². The zero-order valence-corrected chi connectivity index (χ0v) is 12.9. The molecule has 8 unspecified atom stereocenters. The minimum atomic E-state index is 1.05. The molecule has 0 nitrogen and oxygen atoms in total. The average Bonchev–Trinajstić information content (AvgIpc) is 3.26. The topological polar surface area (TPSA) is 0 Å². The molecule has 0 radical (unpaired) electrons. The molecule has 0 aromatic carbocycles. The van der Waals surface area contributed by atoms with Crippen LogP contribution in [0.5, 0.6) is 0 Å². The third-order valence-electron chi connectivity index (χ3n) is 6.97. The maximum absolute atomic E-state index is 2.51. The molecule has 0 heterocycles. The Morgan fingerprint density at radius 3 is 1.61 bits per heavy atom. The highest BCUT2D eigenvalue weighted by Crippen LogP contribution is 2.57. The predicted octanol–water partition coefficient (Wildman–Crippen LogP) is 5.38. The molecule has 3 rings (SSSR count). The molecular formula is C18H32. The second kappa shape index (κ2) is 4.84. The summed E-state index contributed by atoms with van der Waals surface area (Å²) in [5.74, 6) is 8.72. The van der Waals surface area contributed by atoms with Crippen LogP contribution in [0.3, 0.4) is 0 Å². The normalized spacial score (nSPS) is 53.3. The van der Waals surface area contributed by atoms with Crippen LogP contribution in [0.2, 0.25) is 0 Å². The summed E-state index contributed by atoms with van der Waals surface area (Å²) in [7, 11) is 0. The van der Waals surface area contributed by atoms with Crippen LogP contribution in [0, 0.1) is 47.3 Å². The van der Waals surface area contributed by atoms with Crippen molar-refractivity contribution in [3.8, 4) is 0 Å². The van der Waals surface area contributed by atoms with Crippen LogP contribution in [0.25, 0.3) is 0 Å². The molecule has 0 saturated heterocycles. The third kappa shape index (κ3) is 2.49. The van der Waals surface area contributed by atoms with E-state index in [2.05, 4.69) is 27.7 Å². The van der Waals surface area contributed by atoms with Crippen molar-refractivity contribution in [3.63, 3.8) is 0 Å². The van der Waals surface area contributed by atoms with Crippen molar-refractivity contribution in [2.75, 3.05) is 0 Å². The Kier molecular flexibility index (Phi) is 3.49. The Balaban J connectivity index is 1.32. The lowest BCUT2D eigenvalue weighted by Crippen LogP contribution is -1.89. The fourth-order valence-electron chi connectivity index (χ4n) is 4.97. The smallest absolute Gasteiger partial charge is 0.0355 e. The van der Waals surface area contributed by atoms with Crippen LogP contribution in [0.4, 0.5) is 0 Å². The third-order valence-corrected chi connectivity index (χ3v) is 6.97. The first kappa shape index (κ1) is 13.0.